The van der Waals surface area contributed by atoms with Gasteiger partial charge in [-0.15, -0.1) is 0 Å². The number of rotatable bonds is 4. The Morgan fingerprint density at radius 3 is 1.85 bits per heavy atom. The first kappa shape index (κ1) is 42.8. The monoisotopic (exact) mass is 876 g/mol. The van der Waals surface area contributed by atoms with Gasteiger partial charge in [-0.1, -0.05) is 161 Å². The zero-order valence-corrected chi connectivity index (χ0v) is 42.2. The quantitative estimate of drug-likeness (QED) is 0.178. The molecule has 2 aliphatic heterocycles. The normalized spacial score (nSPS) is 20.9. The van der Waals surface area contributed by atoms with Crippen LogP contribution in [0, 0.1) is 0 Å². The Hall–Kier alpha value is -5.54. The highest BCUT2D eigenvalue weighted by molar-refractivity contribution is 6.73. The van der Waals surface area contributed by atoms with Crippen molar-refractivity contribution in [1.29, 1.82) is 0 Å². The zero-order valence-electron chi connectivity index (χ0n) is 42.2. The van der Waals surface area contributed by atoms with Crippen molar-refractivity contribution in [3.63, 3.8) is 0 Å². The number of hydrogen-bond acceptors (Lipinski definition) is 2. The largest absolute Gasteiger partial charge is 0.355 e. The fraction of sp³-hybridized carbons (Fsp3) is 0.375. The van der Waals surface area contributed by atoms with Crippen molar-refractivity contribution < 1.29 is 0 Å². The minimum absolute atomic E-state index is 0.0990. The van der Waals surface area contributed by atoms with Crippen molar-refractivity contribution in [2.24, 2.45) is 0 Å². The lowest BCUT2D eigenvalue weighted by Gasteiger charge is -2.48. The second-order valence-corrected chi connectivity index (χ2v) is 24.9. The van der Waals surface area contributed by atoms with Crippen LogP contribution in [0.15, 0.2) is 127 Å². The Kier molecular flexibility index (Phi) is 8.96. The van der Waals surface area contributed by atoms with Gasteiger partial charge in [-0.3, -0.25) is 0 Å². The van der Waals surface area contributed by atoms with Crippen LogP contribution in [-0.4, -0.2) is 7.28 Å². The predicted molar refractivity (Wildman–Crippen MR) is 287 cm³/mol. The fourth-order valence-corrected chi connectivity index (χ4v) is 13.6. The van der Waals surface area contributed by atoms with Crippen LogP contribution >= 0.6 is 0 Å². The maximum atomic E-state index is 4.20. The molecule has 0 fully saturated rings. The van der Waals surface area contributed by atoms with Crippen molar-refractivity contribution in [2.75, 3.05) is 10.2 Å². The fourth-order valence-electron chi connectivity index (χ4n) is 13.6. The Bertz CT molecular complexity index is 3180. The smallest absolute Gasteiger partial charge is 0.197 e. The molecule has 2 nitrogen and oxygen atoms in total. The number of anilines is 4. The average Bonchev–Trinajstić information content (AvgIpc) is 3.51. The molecule has 12 rings (SSSR count). The number of allylic oxidation sites excluding steroid dienone is 4. The van der Waals surface area contributed by atoms with Crippen LogP contribution in [0.5, 0.6) is 0 Å². The highest BCUT2D eigenvalue weighted by Gasteiger charge is 2.45. The van der Waals surface area contributed by atoms with Gasteiger partial charge < -0.3 is 10.2 Å². The van der Waals surface area contributed by atoms with Crippen LogP contribution in [0.1, 0.15) is 161 Å². The molecule has 2 heterocycles. The number of benzene rings is 6. The van der Waals surface area contributed by atoms with Gasteiger partial charge in [0.15, 0.2) is 7.28 Å². The number of para-hydroxylation sites is 1. The van der Waals surface area contributed by atoms with E-state index in [2.05, 4.69) is 216 Å². The summed E-state index contributed by atoms with van der Waals surface area (Å²) in [5.41, 5.74) is 28.7. The van der Waals surface area contributed by atoms with Crippen LogP contribution < -0.4 is 21.1 Å². The molecule has 3 heteroatoms. The summed E-state index contributed by atoms with van der Waals surface area (Å²) in [5, 5.41) is 4.20. The van der Waals surface area contributed by atoms with E-state index in [-0.39, 0.29) is 32.5 Å². The molecule has 0 unspecified atom stereocenters. The van der Waals surface area contributed by atoms with Crippen LogP contribution in [0.25, 0.3) is 33.4 Å². The molecule has 1 N–H and O–H groups in total. The predicted octanol–water partition coefficient (Wildman–Crippen LogP) is 15.8. The van der Waals surface area contributed by atoms with Gasteiger partial charge >= 0.3 is 0 Å². The lowest BCUT2D eigenvalue weighted by Crippen LogP contribution is -2.47. The van der Waals surface area contributed by atoms with Crippen molar-refractivity contribution >= 4 is 41.0 Å². The Balaban J connectivity index is 1.15. The first-order valence-corrected chi connectivity index (χ1v) is 25.4. The van der Waals surface area contributed by atoms with E-state index in [0.29, 0.717) is 0 Å². The molecule has 337 valence electrons. The average molecular weight is 876 g/mol. The van der Waals surface area contributed by atoms with E-state index in [4.69, 9.17) is 0 Å². The second kappa shape index (κ2) is 14.0. The van der Waals surface area contributed by atoms with Gasteiger partial charge in [-0.05, 0) is 180 Å². The molecule has 6 aromatic rings. The topological polar surface area (TPSA) is 15.3 Å². The SMILES string of the molecule is CC1(C)CCC(C)(C)c2cc(Nc3cc4c(cc3-c3cc(-c5ccccc5)cc5c3[B]c3cccc6c3N5C3=C(C=CCC3)C6(C)C)-c3cc5c(cc3C4(C)C)C(C)(C)CCC5(C)C)ccc21. The van der Waals surface area contributed by atoms with Gasteiger partial charge in [-0.25, -0.2) is 0 Å². The molecule has 6 aromatic carbocycles. The van der Waals surface area contributed by atoms with Crippen molar-refractivity contribution in [2.45, 2.75) is 154 Å². The van der Waals surface area contributed by atoms with Gasteiger partial charge in [0.2, 0.25) is 0 Å². The maximum Gasteiger partial charge on any atom is 0.197 e. The molecule has 0 saturated heterocycles. The molecule has 4 aliphatic carbocycles. The second-order valence-electron chi connectivity index (χ2n) is 24.9. The minimum Gasteiger partial charge on any atom is -0.355 e. The van der Waals surface area contributed by atoms with E-state index in [9.17, 15) is 0 Å². The lowest BCUT2D eigenvalue weighted by atomic mass is 9.55. The van der Waals surface area contributed by atoms with Crippen LogP contribution in [0.2, 0.25) is 0 Å². The molecule has 0 atom stereocenters. The maximum absolute atomic E-state index is 4.20. The van der Waals surface area contributed by atoms with Gasteiger partial charge in [0, 0.05) is 44.8 Å². The third-order valence-corrected chi connectivity index (χ3v) is 18.1. The summed E-state index contributed by atoms with van der Waals surface area (Å²) in [6.07, 6.45) is 11.7. The molecule has 67 heavy (non-hydrogen) atoms. The third kappa shape index (κ3) is 6.21. The summed E-state index contributed by atoms with van der Waals surface area (Å²) < 4.78 is 0. The Morgan fingerprint density at radius 2 is 1.13 bits per heavy atom. The molecular weight excluding hydrogens is 808 g/mol. The van der Waals surface area contributed by atoms with Crippen LogP contribution in [0.3, 0.4) is 0 Å². The third-order valence-electron chi connectivity index (χ3n) is 18.1. The molecule has 0 saturated carbocycles. The van der Waals surface area contributed by atoms with E-state index in [0.717, 1.165) is 18.5 Å². The van der Waals surface area contributed by atoms with E-state index in [1.54, 1.807) is 0 Å². The number of nitrogens with one attached hydrogen (secondary N) is 1. The summed E-state index contributed by atoms with van der Waals surface area (Å²) in [6.45, 7) is 29.4. The summed E-state index contributed by atoms with van der Waals surface area (Å²) in [4.78, 5) is 2.68. The Labute approximate surface area is 402 Å². The number of nitrogens with zero attached hydrogens (tertiary/aromatic N) is 1. The summed E-state index contributed by atoms with van der Waals surface area (Å²) in [6, 6.07) is 40.8. The molecule has 0 bridgehead atoms. The molecule has 0 amide bonds. The van der Waals surface area contributed by atoms with Crippen molar-refractivity contribution in [1.82, 2.24) is 0 Å². The van der Waals surface area contributed by atoms with E-state index in [1.165, 1.54) is 137 Å². The van der Waals surface area contributed by atoms with Crippen LogP contribution in [-0.2, 0) is 32.5 Å². The van der Waals surface area contributed by atoms with Gasteiger partial charge in [0.25, 0.3) is 0 Å². The number of fused-ring (bicyclic) bond motifs is 8. The van der Waals surface area contributed by atoms with Gasteiger partial charge in [-0.2, -0.15) is 0 Å². The summed E-state index contributed by atoms with van der Waals surface area (Å²) >= 11 is 0. The standard InChI is InChI=1S/C64H68BN2/c1-59(2)27-28-60(3,4)50-33-40(25-26-45(50)59)66-54-37-49-41(42-35-51-52(36-48(42)64(49,11)12)62(7,8)30-29-61(51,5)6)34-43(54)44-31-39(38-19-14-13-15-20-38)32-56-57(44)65-53-23-18-22-47-58(53)67(56)55-24-17-16-21-46(55)63(47,9)10/h13-16,18-23,25-26,31-37,66H,17,24,27-30H2,1-12H3. The molecule has 0 aromatic heterocycles. The highest BCUT2D eigenvalue weighted by Crippen LogP contribution is 2.58. The van der Waals surface area contributed by atoms with Crippen LogP contribution in [0.4, 0.5) is 22.7 Å². The molecular formula is C64H68BN2. The van der Waals surface area contributed by atoms with Crippen molar-refractivity contribution in [3.05, 3.63) is 165 Å². The van der Waals surface area contributed by atoms with E-state index >= 15 is 0 Å². The van der Waals surface area contributed by atoms with Crippen molar-refractivity contribution in [3.8, 4) is 33.4 Å². The highest BCUT2D eigenvalue weighted by atomic mass is 15.2. The lowest BCUT2D eigenvalue weighted by molar-refractivity contribution is 0.331. The van der Waals surface area contributed by atoms with Gasteiger partial charge in [0.05, 0.1) is 0 Å². The first-order valence-electron chi connectivity index (χ1n) is 25.4. The minimum atomic E-state index is -0.182. The Morgan fingerprint density at radius 1 is 0.493 bits per heavy atom. The molecule has 6 aliphatic rings. The van der Waals surface area contributed by atoms with E-state index in [1.807, 2.05) is 0 Å². The van der Waals surface area contributed by atoms with E-state index < -0.39 is 0 Å². The zero-order chi connectivity index (χ0) is 46.8. The van der Waals surface area contributed by atoms with Gasteiger partial charge in [0.1, 0.15) is 0 Å². The first-order chi connectivity index (χ1) is 31.7. The number of hydrogen-bond donors (Lipinski definition) is 1. The summed E-state index contributed by atoms with van der Waals surface area (Å²) in [5.74, 6) is 0. The summed E-state index contributed by atoms with van der Waals surface area (Å²) in [7, 11) is 2.52. The molecule has 0 spiro atoms. The molecule has 1 radical (unpaired) electrons.